The maximum atomic E-state index is 10.4. The van der Waals surface area contributed by atoms with Crippen LogP contribution < -0.4 is 5.56 Å². The summed E-state index contributed by atoms with van der Waals surface area (Å²) < 4.78 is 0. The van der Waals surface area contributed by atoms with Crippen LogP contribution in [0.15, 0.2) is 17.1 Å². The maximum Gasteiger partial charge on any atom is 0.264 e. The summed E-state index contributed by atoms with van der Waals surface area (Å²) in [4.78, 5) is 20.3. The molecule has 0 aliphatic rings. The predicted octanol–water partition coefficient (Wildman–Crippen LogP) is -0.418. The van der Waals surface area contributed by atoms with Gasteiger partial charge in [-0.25, -0.2) is 5.10 Å². The average molecular weight is 124 g/mol. The first kappa shape index (κ1) is 5.68. The lowest BCUT2D eigenvalue weighted by Crippen LogP contribution is -2.06. The molecule has 1 aromatic rings. The fourth-order valence-electron chi connectivity index (χ4n) is 0.456. The second kappa shape index (κ2) is 2.21. The van der Waals surface area contributed by atoms with Crippen molar-refractivity contribution < 1.29 is 4.79 Å². The van der Waals surface area contributed by atoms with Crippen LogP contribution in [0.2, 0.25) is 0 Å². The minimum Gasteiger partial charge on any atom is -0.298 e. The molecule has 1 aromatic heterocycles. The lowest BCUT2D eigenvalue weighted by Gasteiger charge is -1.82. The monoisotopic (exact) mass is 124 g/mol. The van der Waals surface area contributed by atoms with Crippen molar-refractivity contribution in [3.8, 4) is 0 Å². The van der Waals surface area contributed by atoms with Crippen molar-refractivity contribution in [2.45, 2.75) is 0 Å². The van der Waals surface area contributed by atoms with Gasteiger partial charge in [0.15, 0.2) is 6.29 Å². The lowest BCUT2D eigenvalue weighted by atomic mass is 10.3. The molecule has 1 rings (SSSR count). The second-order valence-electron chi connectivity index (χ2n) is 1.50. The molecular formula is C5H4N2O2. The summed E-state index contributed by atoms with van der Waals surface area (Å²) in [5, 5.41) is 5.53. The summed E-state index contributed by atoms with van der Waals surface area (Å²) in [6.45, 7) is 0. The van der Waals surface area contributed by atoms with E-state index in [1.165, 1.54) is 12.3 Å². The van der Waals surface area contributed by atoms with Crippen LogP contribution in [0, 0.1) is 0 Å². The molecule has 1 heterocycles. The Morgan fingerprint density at radius 3 is 2.89 bits per heavy atom. The molecule has 4 nitrogen and oxygen atoms in total. The normalized spacial score (nSPS) is 8.89. The Labute approximate surface area is 50.5 Å². The molecule has 0 spiro atoms. The molecule has 0 fully saturated rings. The molecule has 0 unspecified atom stereocenters. The van der Waals surface area contributed by atoms with E-state index in [0.29, 0.717) is 11.8 Å². The minimum absolute atomic E-state index is 0.291. The number of carbonyl (C=O) groups excluding carboxylic acids is 1. The number of hydrogen-bond donors (Lipinski definition) is 1. The predicted molar refractivity (Wildman–Crippen MR) is 30.2 cm³/mol. The van der Waals surface area contributed by atoms with Gasteiger partial charge in [0.05, 0.1) is 6.20 Å². The number of nitrogens with one attached hydrogen (secondary N) is 1. The first-order valence-electron chi connectivity index (χ1n) is 2.33. The first-order chi connectivity index (χ1) is 4.33. The van der Waals surface area contributed by atoms with E-state index < -0.39 is 0 Å². The van der Waals surface area contributed by atoms with Gasteiger partial charge in [-0.15, -0.1) is 0 Å². The van der Waals surface area contributed by atoms with Crippen LogP contribution in [0.3, 0.4) is 0 Å². The summed E-state index contributed by atoms with van der Waals surface area (Å²) in [7, 11) is 0. The Balaban J connectivity index is 3.23. The number of nitrogens with zero attached hydrogens (tertiary/aromatic N) is 1. The molecular weight excluding hydrogens is 120 g/mol. The number of aromatic amines is 1. The SMILES string of the molecule is O=Cc1cn[nH]c(=O)c1. The van der Waals surface area contributed by atoms with E-state index in [2.05, 4.69) is 10.2 Å². The number of hydrogen-bond acceptors (Lipinski definition) is 3. The Morgan fingerprint density at radius 2 is 2.44 bits per heavy atom. The minimum atomic E-state index is -0.361. The van der Waals surface area contributed by atoms with Crippen LogP contribution in [-0.2, 0) is 0 Å². The van der Waals surface area contributed by atoms with Crippen LogP contribution in [0.25, 0.3) is 0 Å². The molecule has 46 valence electrons. The van der Waals surface area contributed by atoms with Crippen molar-refractivity contribution in [1.29, 1.82) is 0 Å². The zero-order chi connectivity index (χ0) is 6.69. The van der Waals surface area contributed by atoms with Crippen LogP contribution in [0.1, 0.15) is 10.4 Å². The molecule has 0 aromatic carbocycles. The van der Waals surface area contributed by atoms with E-state index in [-0.39, 0.29) is 5.56 Å². The van der Waals surface area contributed by atoms with Gasteiger partial charge in [-0.2, -0.15) is 5.10 Å². The largest absolute Gasteiger partial charge is 0.298 e. The standard InChI is InChI=1S/C5H4N2O2/c8-3-4-1-5(9)7-6-2-4/h1-3H,(H,7,9). The van der Waals surface area contributed by atoms with Gasteiger partial charge in [0.2, 0.25) is 0 Å². The van der Waals surface area contributed by atoms with Gasteiger partial charge in [-0.3, -0.25) is 9.59 Å². The van der Waals surface area contributed by atoms with E-state index in [0.717, 1.165) is 0 Å². The lowest BCUT2D eigenvalue weighted by molar-refractivity contribution is 0.112. The zero-order valence-corrected chi connectivity index (χ0v) is 4.50. The highest BCUT2D eigenvalue weighted by Gasteiger charge is 1.87. The topological polar surface area (TPSA) is 62.8 Å². The van der Waals surface area contributed by atoms with Gasteiger partial charge >= 0.3 is 0 Å². The summed E-state index contributed by atoms with van der Waals surface area (Å²) in [5.74, 6) is 0. The first-order valence-corrected chi connectivity index (χ1v) is 2.33. The van der Waals surface area contributed by atoms with E-state index >= 15 is 0 Å². The van der Waals surface area contributed by atoms with Gasteiger partial charge in [0, 0.05) is 11.6 Å². The number of aromatic nitrogens is 2. The molecule has 0 saturated carbocycles. The van der Waals surface area contributed by atoms with E-state index in [4.69, 9.17) is 0 Å². The van der Waals surface area contributed by atoms with Crippen molar-refractivity contribution in [3.05, 3.63) is 28.2 Å². The summed E-state index contributed by atoms with van der Waals surface area (Å²) in [5.41, 5.74) is -0.0710. The number of rotatable bonds is 1. The molecule has 1 N–H and O–H groups in total. The average Bonchev–Trinajstić information content (AvgIpc) is 1.88. The van der Waals surface area contributed by atoms with Crippen LogP contribution in [0.4, 0.5) is 0 Å². The number of carbonyl (C=O) groups is 1. The van der Waals surface area contributed by atoms with Gasteiger partial charge in [0.1, 0.15) is 0 Å². The van der Waals surface area contributed by atoms with Crippen molar-refractivity contribution in [3.63, 3.8) is 0 Å². The van der Waals surface area contributed by atoms with E-state index in [1.807, 2.05) is 0 Å². The third-order valence-corrected chi connectivity index (χ3v) is 0.822. The number of aldehydes is 1. The summed E-state index contributed by atoms with van der Waals surface area (Å²) >= 11 is 0. The molecule has 9 heavy (non-hydrogen) atoms. The molecule has 0 aliphatic carbocycles. The fourth-order valence-corrected chi connectivity index (χ4v) is 0.456. The van der Waals surface area contributed by atoms with Gasteiger partial charge < -0.3 is 0 Å². The van der Waals surface area contributed by atoms with Crippen LogP contribution >= 0.6 is 0 Å². The Bertz CT molecular complexity index is 266. The van der Waals surface area contributed by atoms with Gasteiger partial charge in [-0.05, 0) is 0 Å². The Morgan fingerprint density at radius 1 is 1.67 bits per heavy atom. The van der Waals surface area contributed by atoms with Crippen molar-refractivity contribution in [2.75, 3.05) is 0 Å². The van der Waals surface area contributed by atoms with E-state index in [9.17, 15) is 9.59 Å². The van der Waals surface area contributed by atoms with Crippen molar-refractivity contribution in [1.82, 2.24) is 10.2 Å². The molecule has 4 heteroatoms. The Hall–Kier alpha value is -1.45. The third-order valence-electron chi connectivity index (χ3n) is 0.822. The zero-order valence-electron chi connectivity index (χ0n) is 4.50. The Kier molecular flexibility index (Phi) is 1.40. The van der Waals surface area contributed by atoms with Gasteiger partial charge in [-0.1, -0.05) is 0 Å². The summed E-state index contributed by atoms with van der Waals surface area (Å²) in [6.07, 6.45) is 1.86. The molecule has 0 atom stereocenters. The van der Waals surface area contributed by atoms with Crippen LogP contribution in [0.5, 0.6) is 0 Å². The molecule has 0 amide bonds. The molecule has 0 bridgehead atoms. The quantitative estimate of drug-likeness (QED) is 0.517. The van der Waals surface area contributed by atoms with Crippen molar-refractivity contribution in [2.24, 2.45) is 0 Å². The summed E-state index contributed by atoms with van der Waals surface area (Å²) in [6, 6.07) is 1.18. The van der Waals surface area contributed by atoms with Gasteiger partial charge in [0.25, 0.3) is 5.56 Å². The van der Waals surface area contributed by atoms with Crippen LogP contribution in [-0.4, -0.2) is 16.5 Å². The fraction of sp³-hybridized carbons (Fsp3) is 0. The second-order valence-corrected chi connectivity index (χ2v) is 1.50. The molecule has 0 saturated heterocycles. The number of H-pyrrole nitrogens is 1. The maximum absolute atomic E-state index is 10.4. The highest BCUT2D eigenvalue weighted by molar-refractivity contribution is 5.73. The third kappa shape index (κ3) is 1.22. The molecule has 0 aliphatic heterocycles. The van der Waals surface area contributed by atoms with E-state index in [1.54, 1.807) is 0 Å². The van der Waals surface area contributed by atoms with Crippen molar-refractivity contribution >= 4 is 6.29 Å². The highest BCUT2D eigenvalue weighted by atomic mass is 16.1. The smallest absolute Gasteiger partial charge is 0.264 e. The molecule has 0 radical (unpaired) electrons. The highest BCUT2D eigenvalue weighted by Crippen LogP contribution is 1.80.